The van der Waals surface area contributed by atoms with E-state index in [9.17, 15) is 0 Å². The van der Waals surface area contributed by atoms with Gasteiger partial charge in [-0.2, -0.15) is 0 Å². The van der Waals surface area contributed by atoms with Crippen molar-refractivity contribution in [1.29, 1.82) is 0 Å². The molecule has 72 valence electrons. The Balaban J connectivity index is 2.41. The molecular weight excluding hydrogens is 174 g/mol. The molecule has 0 spiro atoms. The topological polar surface area (TPSA) is 26.0 Å². The van der Waals surface area contributed by atoms with E-state index in [1.54, 1.807) is 6.26 Å². The fourth-order valence-corrected chi connectivity index (χ4v) is 1.41. The Labute approximate surface area is 83.6 Å². The monoisotopic (exact) mass is 187 g/mol. The van der Waals surface area contributed by atoms with Crippen molar-refractivity contribution in [2.24, 2.45) is 0 Å². The van der Waals surface area contributed by atoms with Gasteiger partial charge in [-0.15, -0.1) is 0 Å². The zero-order valence-corrected chi connectivity index (χ0v) is 8.45. The lowest BCUT2D eigenvalue weighted by Gasteiger charge is -1.98. The van der Waals surface area contributed by atoms with E-state index >= 15 is 0 Å². The summed E-state index contributed by atoms with van der Waals surface area (Å²) in [5.41, 5.74) is 3.28. The molecule has 0 bridgehead atoms. The van der Waals surface area contributed by atoms with E-state index in [4.69, 9.17) is 4.42 Å². The van der Waals surface area contributed by atoms with Crippen LogP contribution < -0.4 is 0 Å². The second-order valence-electron chi connectivity index (χ2n) is 3.35. The maximum Gasteiger partial charge on any atom is 0.226 e. The number of hydrogen-bond acceptors (Lipinski definition) is 2. The summed E-state index contributed by atoms with van der Waals surface area (Å²) in [6.07, 6.45) is 2.71. The highest BCUT2D eigenvalue weighted by atomic mass is 16.3. The largest absolute Gasteiger partial charge is 0.444 e. The molecule has 0 atom stereocenters. The zero-order chi connectivity index (χ0) is 9.97. The summed E-state index contributed by atoms with van der Waals surface area (Å²) in [7, 11) is 0. The molecule has 2 nitrogen and oxygen atoms in total. The number of benzene rings is 1. The first kappa shape index (κ1) is 9.00. The standard InChI is InChI=1S/C12H13NO/c1-3-10-5-4-6-11(7-10)12-13-9(2)8-14-12/h4-8H,3H2,1-2H3. The number of hydrogen-bond donors (Lipinski definition) is 0. The summed E-state index contributed by atoms with van der Waals surface area (Å²) in [5, 5.41) is 0. The molecule has 1 aromatic heterocycles. The molecule has 0 unspecified atom stereocenters. The summed E-state index contributed by atoms with van der Waals surface area (Å²) in [5.74, 6) is 0.706. The molecule has 1 aromatic carbocycles. The first-order valence-electron chi connectivity index (χ1n) is 4.81. The molecule has 2 aromatic rings. The van der Waals surface area contributed by atoms with Gasteiger partial charge in [-0.25, -0.2) is 4.98 Å². The highest BCUT2D eigenvalue weighted by Gasteiger charge is 2.03. The Hall–Kier alpha value is -1.57. The number of oxazole rings is 1. The maximum atomic E-state index is 5.34. The Morgan fingerprint density at radius 1 is 1.36 bits per heavy atom. The van der Waals surface area contributed by atoms with Gasteiger partial charge in [-0.05, 0) is 31.0 Å². The van der Waals surface area contributed by atoms with E-state index in [0.717, 1.165) is 17.7 Å². The van der Waals surface area contributed by atoms with Crippen molar-refractivity contribution in [2.75, 3.05) is 0 Å². The summed E-state index contributed by atoms with van der Waals surface area (Å²) in [4.78, 5) is 4.29. The third-order valence-corrected chi connectivity index (χ3v) is 2.20. The van der Waals surface area contributed by atoms with Gasteiger partial charge in [0, 0.05) is 5.56 Å². The van der Waals surface area contributed by atoms with Crippen molar-refractivity contribution in [3.63, 3.8) is 0 Å². The summed E-state index contributed by atoms with van der Waals surface area (Å²) in [6.45, 7) is 4.07. The minimum absolute atomic E-state index is 0.706. The summed E-state index contributed by atoms with van der Waals surface area (Å²) in [6, 6.07) is 8.28. The quantitative estimate of drug-likeness (QED) is 0.721. The molecule has 0 aliphatic carbocycles. The van der Waals surface area contributed by atoms with Gasteiger partial charge in [-0.1, -0.05) is 19.1 Å². The van der Waals surface area contributed by atoms with Gasteiger partial charge >= 0.3 is 0 Å². The van der Waals surface area contributed by atoms with Crippen molar-refractivity contribution < 1.29 is 4.42 Å². The first-order chi connectivity index (χ1) is 6.79. The first-order valence-corrected chi connectivity index (χ1v) is 4.81. The second kappa shape index (κ2) is 3.66. The van der Waals surface area contributed by atoms with E-state index < -0.39 is 0 Å². The van der Waals surface area contributed by atoms with Gasteiger partial charge in [0.1, 0.15) is 6.26 Å². The molecular formula is C12H13NO. The van der Waals surface area contributed by atoms with Crippen LogP contribution in [0.3, 0.4) is 0 Å². The molecule has 1 heterocycles. The van der Waals surface area contributed by atoms with Gasteiger partial charge in [0.05, 0.1) is 5.69 Å². The van der Waals surface area contributed by atoms with Crippen LogP contribution in [-0.2, 0) is 6.42 Å². The van der Waals surface area contributed by atoms with Crippen molar-refractivity contribution in [2.45, 2.75) is 20.3 Å². The fourth-order valence-electron chi connectivity index (χ4n) is 1.41. The SMILES string of the molecule is CCc1cccc(-c2nc(C)co2)c1. The van der Waals surface area contributed by atoms with E-state index in [-0.39, 0.29) is 0 Å². The third-order valence-electron chi connectivity index (χ3n) is 2.20. The summed E-state index contributed by atoms with van der Waals surface area (Å²) < 4.78 is 5.34. The van der Waals surface area contributed by atoms with Crippen LogP contribution in [0, 0.1) is 6.92 Å². The predicted octanol–water partition coefficient (Wildman–Crippen LogP) is 3.21. The summed E-state index contributed by atoms with van der Waals surface area (Å²) >= 11 is 0. The Bertz CT molecular complexity index is 431. The van der Waals surface area contributed by atoms with Gasteiger partial charge < -0.3 is 4.42 Å². The minimum Gasteiger partial charge on any atom is -0.444 e. The highest BCUT2D eigenvalue weighted by molar-refractivity contribution is 5.54. The Morgan fingerprint density at radius 2 is 2.21 bits per heavy atom. The predicted molar refractivity (Wildman–Crippen MR) is 56.1 cm³/mol. The third kappa shape index (κ3) is 1.69. The van der Waals surface area contributed by atoms with Crippen molar-refractivity contribution in [1.82, 2.24) is 4.98 Å². The van der Waals surface area contributed by atoms with Crippen LogP contribution in [0.2, 0.25) is 0 Å². The van der Waals surface area contributed by atoms with Crippen LogP contribution in [0.5, 0.6) is 0 Å². The van der Waals surface area contributed by atoms with Crippen molar-refractivity contribution in [3.05, 3.63) is 41.8 Å². The smallest absolute Gasteiger partial charge is 0.226 e. The lowest BCUT2D eigenvalue weighted by molar-refractivity contribution is 0.573. The zero-order valence-electron chi connectivity index (χ0n) is 8.45. The molecule has 14 heavy (non-hydrogen) atoms. The molecule has 0 radical (unpaired) electrons. The molecule has 2 heteroatoms. The van der Waals surface area contributed by atoms with Crippen LogP contribution in [0.25, 0.3) is 11.5 Å². The number of aromatic nitrogens is 1. The normalized spacial score (nSPS) is 10.4. The Kier molecular flexibility index (Phi) is 2.35. The van der Waals surface area contributed by atoms with Crippen molar-refractivity contribution in [3.8, 4) is 11.5 Å². The van der Waals surface area contributed by atoms with Gasteiger partial charge in [0.25, 0.3) is 0 Å². The average Bonchev–Trinajstić information content (AvgIpc) is 2.65. The lowest BCUT2D eigenvalue weighted by Crippen LogP contribution is -1.82. The van der Waals surface area contributed by atoms with Crippen LogP contribution in [0.4, 0.5) is 0 Å². The minimum atomic E-state index is 0.706. The fraction of sp³-hybridized carbons (Fsp3) is 0.250. The van der Waals surface area contributed by atoms with E-state index in [1.165, 1.54) is 5.56 Å². The molecule has 0 saturated carbocycles. The molecule has 0 fully saturated rings. The molecule has 0 saturated heterocycles. The maximum absolute atomic E-state index is 5.34. The van der Waals surface area contributed by atoms with E-state index in [0.29, 0.717) is 5.89 Å². The number of aryl methyl sites for hydroxylation is 2. The highest BCUT2D eigenvalue weighted by Crippen LogP contribution is 2.19. The molecule has 0 aliphatic rings. The van der Waals surface area contributed by atoms with Gasteiger partial charge in [0.15, 0.2) is 0 Å². The van der Waals surface area contributed by atoms with Crippen LogP contribution in [0.1, 0.15) is 18.2 Å². The van der Waals surface area contributed by atoms with Gasteiger partial charge in [-0.3, -0.25) is 0 Å². The van der Waals surface area contributed by atoms with Crippen molar-refractivity contribution >= 4 is 0 Å². The Morgan fingerprint density at radius 3 is 2.86 bits per heavy atom. The number of rotatable bonds is 2. The van der Waals surface area contributed by atoms with Crippen LogP contribution in [0.15, 0.2) is 34.9 Å². The lowest BCUT2D eigenvalue weighted by atomic mass is 10.1. The van der Waals surface area contributed by atoms with Crippen LogP contribution in [-0.4, -0.2) is 4.98 Å². The van der Waals surface area contributed by atoms with E-state index in [2.05, 4.69) is 24.0 Å². The van der Waals surface area contributed by atoms with E-state index in [1.807, 2.05) is 19.1 Å². The number of nitrogens with zero attached hydrogens (tertiary/aromatic N) is 1. The average molecular weight is 187 g/mol. The second-order valence-corrected chi connectivity index (χ2v) is 3.35. The molecule has 0 aliphatic heterocycles. The van der Waals surface area contributed by atoms with Gasteiger partial charge in [0.2, 0.25) is 5.89 Å². The molecule has 2 rings (SSSR count). The molecule has 0 N–H and O–H groups in total. The molecule has 0 amide bonds. The van der Waals surface area contributed by atoms with Crippen LogP contribution >= 0.6 is 0 Å².